The van der Waals surface area contributed by atoms with Gasteiger partial charge in [-0.3, -0.25) is 24.5 Å². The summed E-state index contributed by atoms with van der Waals surface area (Å²) in [5, 5.41) is 5.31. The molecule has 1 aromatic heterocycles. The van der Waals surface area contributed by atoms with Gasteiger partial charge in [0.1, 0.15) is 5.01 Å². The Morgan fingerprint density at radius 1 is 1.32 bits per heavy atom. The number of alkyl halides is 4. The molecule has 2 aromatic rings. The molecule has 1 aromatic carbocycles. The molecule has 1 saturated carbocycles. The van der Waals surface area contributed by atoms with Crippen molar-refractivity contribution in [1.82, 2.24) is 10.3 Å². The van der Waals surface area contributed by atoms with Crippen LogP contribution in [0.5, 0.6) is 0 Å². The van der Waals surface area contributed by atoms with Gasteiger partial charge in [0.05, 0.1) is 0 Å². The molecule has 198 valence electrons. The fourth-order valence-corrected chi connectivity index (χ4v) is 4.96. The maximum Gasteiger partial charge on any atom is 0.278 e. The summed E-state index contributed by atoms with van der Waals surface area (Å²) in [5.41, 5.74) is -3.36. The molecule has 1 aliphatic carbocycles. The Bertz CT molecular complexity index is 1160. The third kappa shape index (κ3) is 6.45. The van der Waals surface area contributed by atoms with Gasteiger partial charge in [-0.15, -0.1) is 11.3 Å². The summed E-state index contributed by atoms with van der Waals surface area (Å²) in [6, 6.07) is 5.89. The topological polar surface area (TPSA) is 87.0 Å². The highest BCUT2D eigenvalue weighted by Gasteiger charge is 2.48. The van der Waals surface area contributed by atoms with Crippen LogP contribution in [0.3, 0.4) is 0 Å². The van der Waals surface area contributed by atoms with Crippen molar-refractivity contribution in [3.63, 3.8) is 0 Å². The van der Waals surface area contributed by atoms with Gasteiger partial charge in [-0.1, -0.05) is 11.6 Å². The maximum absolute atomic E-state index is 14.4. The third-order valence-electron chi connectivity index (χ3n) is 6.21. The molecule has 1 heterocycles. The Morgan fingerprint density at radius 2 is 1.97 bits per heavy atom. The summed E-state index contributed by atoms with van der Waals surface area (Å²) in [6.07, 6.45) is 3.52. The number of nitrogens with one attached hydrogen (secondary N) is 1. The van der Waals surface area contributed by atoms with Crippen molar-refractivity contribution in [2.75, 3.05) is 11.9 Å². The quantitative estimate of drug-likeness (QED) is 0.332. The molecule has 37 heavy (non-hydrogen) atoms. The van der Waals surface area contributed by atoms with Crippen LogP contribution in [0.25, 0.3) is 10.6 Å². The number of carbonyl (C=O) groups excluding carboxylic acids is 2. The molecule has 0 radical (unpaired) electrons. The van der Waals surface area contributed by atoms with E-state index in [0.717, 1.165) is 15.5 Å². The third-order valence-corrected chi connectivity index (χ3v) is 7.22. The van der Waals surface area contributed by atoms with Crippen molar-refractivity contribution in [2.24, 2.45) is 9.98 Å². The van der Waals surface area contributed by atoms with Crippen molar-refractivity contribution in [3.05, 3.63) is 47.6 Å². The Balaban J connectivity index is 2.10. The number of carbonyl (C=O) groups is 2. The second-order valence-electron chi connectivity index (χ2n) is 8.69. The normalized spacial score (nSPS) is 18.7. The molecule has 0 bridgehead atoms. The zero-order chi connectivity index (χ0) is 27.2. The van der Waals surface area contributed by atoms with Crippen molar-refractivity contribution < 1.29 is 22.8 Å². The smallest absolute Gasteiger partial charge is 0.278 e. The molecule has 1 fully saturated rings. The minimum Gasteiger partial charge on any atom is -0.351 e. The average molecular weight is 554 g/mol. The molecule has 12 heteroatoms. The first-order valence-corrected chi connectivity index (χ1v) is 12.7. The average Bonchev–Trinajstić information content (AvgIpc) is 3.40. The van der Waals surface area contributed by atoms with Crippen LogP contribution >= 0.6 is 22.9 Å². The summed E-state index contributed by atoms with van der Waals surface area (Å²) < 4.78 is 41.7. The number of hydrogen-bond acceptors (Lipinski definition) is 6. The molecule has 1 N–H and O–H groups in total. The predicted octanol–water partition coefficient (Wildman–Crippen LogP) is 5.42. The Hall–Kier alpha value is -3.05. The van der Waals surface area contributed by atoms with Crippen LogP contribution in [-0.2, 0) is 9.59 Å². The molecule has 7 nitrogen and oxygen atoms in total. The van der Waals surface area contributed by atoms with Gasteiger partial charge in [0.25, 0.3) is 17.4 Å². The molecule has 0 unspecified atom stereocenters. The number of aromatic nitrogens is 1. The maximum atomic E-state index is 14.4. The summed E-state index contributed by atoms with van der Waals surface area (Å²) in [4.78, 5) is 39.9. The number of halogens is 4. The van der Waals surface area contributed by atoms with Crippen molar-refractivity contribution >= 4 is 53.4 Å². The molecule has 0 aliphatic heterocycles. The number of hydrogen-bond donors (Lipinski definition) is 1. The van der Waals surface area contributed by atoms with E-state index in [9.17, 15) is 22.8 Å². The van der Waals surface area contributed by atoms with Crippen LogP contribution in [0, 0.1) is 0 Å². The van der Waals surface area contributed by atoms with E-state index in [4.69, 9.17) is 11.6 Å². The number of nitrogens with zero attached hydrogens (tertiary/aromatic N) is 4. The zero-order valence-electron chi connectivity index (χ0n) is 20.3. The fraction of sp³-hybridized carbons (Fsp3) is 0.400. The van der Waals surface area contributed by atoms with Crippen molar-refractivity contribution in [1.29, 1.82) is 0 Å². The van der Waals surface area contributed by atoms with E-state index < -0.39 is 34.9 Å². The summed E-state index contributed by atoms with van der Waals surface area (Å²) in [5.74, 6) is -4.72. The van der Waals surface area contributed by atoms with Gasteiger partial charge in [0.2, 0.25) is 5.92 Å². The van der Waals surface area contributed by atoms with Gasteiger partial charge < -0.3 is 5.32 Å². The van der Waals surface area contributed by atoms with Gasteiger partial charge >= 0.3 is 0 Å². The second-order valence-corrected chi connectivity index (χ2v) is 9.97. The fourth-order valence-electron chi connectivity index (χ4n) is 4.22. The van der Waals surface area contributed by atoms with Crippen LogP contribution < -0.4 is 10.2 Å². The van der Waals surface area contributed by atoms with E-state index in [-0.39, 0.29) is 36.9 Å². The van der Waals surface area contributed by atoms with E-state index in [1.807, 2.05) is 5.38 Å². The lowest BCUT2D eigenvalue weighted by Gasteiger charge is -2.42. The van der Waals surface area contributed by atoms with Gasteiger partial charge in [-0.05, 0) is 50.7 Å². The SMILES string of the molecule is C=N/C=C(\C=NC)[C@@](C)(C(=O)NC1CCC(F)(F)CC1)N(C(=O)[C@H](F)Cl)c1ccc(-c2nccs2)cc1. The van der Waals surface area contributed by atoms with Gasteiger partial charge in [0, 0.05) is 66.7 Å². The van der Waals surface area contributed by atoms with Crippen molar-refractivity contribution in [3.8, 4) is 10.6 Å². The molecule has 0 spiro atoms. The van der Waals surface area contributed by atoms with E-state index >= 15 is 0 Å². The molecular formula is C25H27ClF3N5O2S. The number of amides is 2. The number of thiazole rings is 1. The van der Waals surface area contributed by atoms with Gasteiger partial charge in [-0.25, -0.2) is 18.2 Å². The molecule has 3 rings (SSSR count). The Kier molecular flexibility index (Phi) is 9.25. The van der Waals surface area contributed by atoms with Crippen molar-refractivity contribution in [2.45, 2.75) is 55.7 Å². The highest BCUT2D eigenvalue weighted by molar-refractivity contribution is 7.13. The van der Waals surface area contributed by atoms with Gasteiger partial charge in [0.15, 0.2) is 5.54 Å². The summed E-state index contributed by atoms with van der Waals surface area (Å²) in [7, 11) is 1.45. The first-order chi connectivity index (χ1) is 17.5. The van der Waals surface area contributed by atoms with E-state index in [0.29, 0.717) is 0 Å². The van der Waals surface area contributed by atoms with Gasteiger partial charge in [-0.2, -0.15) is 0 Å². The van der Waals surface area contributed by atoms with Crippen LogP contribution in [0.15, 0.2) is 57.6 Å². The Morgan fingerprint density at radius 3 is 2.49 bits per heavy atom. The van der Waals surface area contributed by atoms with E-state index in [1.54, 1.807) is 30.5 Å². The molecule has 2 amide bonds. The molecule has 2 atom stereocenters. The highest BCUT2D eigenvalue weighted by Crippen LogP contribution is 2.36. The molecule has 0 saturated heterocycles. The lowest BCUT2D eigenvalue weighted by Crippen LogP contribution is -2.63. The second kappa shape index (κ2) is 12.0. The minimum absolute atomic E-state index is 0.0488. The summed E-state index contributed by atoms with van der Waals surface area (Å²) in [6.45, 7) is 4.82. The number of aliphatic imine (C=N–C) groups is 2. The van der Waals surface area contributed by atoms with E-state index in [2.05, 4.69) is 27.0 Å². The predicted molar refractivity (Wildman–Crippen MR) is 142 cm³/mol. The summed E-state index contributed by atoms with van der Waals surface area (Å²) >= 11 is 7.02. The van der Waals surface area contributed by atoms with Crippen LogP contribution in [0.4, 0.5) is 18.9 Å². The van der Waals surface area contributed by atoms with Crippen LogP contribution in [-0.4, -0.2) is 59.9 Å². The standard InChI is InChI=1S/C25H27ClF3N5O2S/c1-24(17(14-30-2)15-31-3,23(36)33-18-8-10-25(28,29)11-9-18)34(22(35)20(26)27)19-6-4-16(5-7-19)21-32-12-13-37-21/h4-7,12-15,18,20H,2,8-11H2,1,3H3,(H,33,36)/b17-14+,31-15?/t20-,24-/m0/s1. The number of anilines is 1. The molecular weight excluding hydrogens is 527 g/mol. The van der Waals surface area contributed by atoms with Crippen LogP contribution in [0.2, 0.25) is 0 Å². The lowest BCUT2D eigenvalue weighted by atomic mass is 9.86. The molecule has 1 aliphatic rings. The monoisotopic (exact) mass is 553 g/mol. The number of benzene rings is 1. The largest absolute Gasteiger partial charge is 0.351 e. The minimum atomic E-state index is -2.79. The van der Waals surface area contributed by atoms with Crippen LogP contribution in [0.1, 0.15) is 32.6 Å². The highest BCUT2D eigenvalue weighted by atomic mass is 35.5. The Labute approximate surface area is 222 Å². The number of rotatable bonds is 9. The first-order valence-electron chi connectivity index (χ1n) is 11.4. The van der Waals surface area contributed by atoms with E-state index in [1.165, 1.54) is 37.7 Å². The first kappa shape index (κ1) is 28.5. The lowest BCUT2D eigenvalue weighted by molar-refractivity contribution is -0.130. The zero-order valence-corrected chi connectivity index (χ0v) is 21.9.